The maximum atomic E-state index is 10.7. The van der Waals surface area contributed by atoms with E-state index in [0.29, 0.717) is 5.75 Å². The number of hydrogen-bond donors (Lipinski definition) is 1. The molecule has 0 unspecified atom stereocenters. The van der Waals surface area contributed by atoms with E-state index < -0.39 is 5.54 Å². The van der Waals surface area contributed by atoms with Crippen molar-refractivity contribution < 1.29 is 14.6 Å². The van der Waals surface area contributed by atoms with Crippen LogP contribution in [0.1, 0.15) is 50.2 Å². The van der Waals surface area contributed by atoms with Crippen LogP contribution in [0.2, 0.25) is 0 Å². The fourth-order valence-electron chi connectivity index (χ4n) is 2.74. The Morgan fingerprint density at radius 1 is 1.42 bits per heavy atom. The Morgan fingerprint density at radius 2 is 2.11 bits per heavy atom. The number of ether oxygens (including phenoxy) is 1. The molecule has 1 aliphatic rings. The second-order valence-corrected chi connectivity index (χ2v) is 5.32. The minimum absolute atomic E-state index is 0.104. The largest absolute Gasteiger partial charge is 0.504 e. The molecule has 0 spiro atoms. The summed E-state index contributed by atoms with van der Waals surface area (Å²) in [4.78, 5) is 14.7. The molecule has 0 radical (unpaired) electrons. The first-order valence-corrected chi connectivity index (χ1v) is 6.55. The smallest absolute Gasteiger partial charge is 0.235 e. The molecule has 19 heavy (non-hydrogen) atoms. The number of aromatic hydroxyl groups is 1. The van der Waals surface area contributed by atoms with Crippen molar-refractivity contribution in [3.05, 3.63) is 23.3 Å². The fourth-order valence-corrected chi connectivity index (χ4v) is 2.74. The van der Waals surface area contributed by atoms with Crippen molar-refractivity contribution in [1.29, 1.82) is 0 Å². The van der Waals surface area contributed by atoms with E-state index in [0.717, 1.165) is 30.4 Å². The zero-order chi connectivity index (χ0) is 14.0. The van der Waals surface area contributed by atoms with Crippen LogP contribution in [0.5, 0.6) is 11.5 Å². The summed E-state index contributed by atoms with van der Waals surface area (Å²) in [5.74, 6) is 0.769. The number of isocyanates is 1. The molecule has 0 heterocycles. The van der Waals surface area contributed by atoms with E-state index in [1.54, 1.807) is 12.1 Å². The van der Waals surface area contributed by atoms with Crippen LogP contribution in [0.4, 0.5) is 0 Å². The number of aliphatic imine (C=N–C) groups is 1. The minimum atomic E-state index is -0.611. The normalized spacial score (nSPS) is 16.6. The summed E-state index contributed by atoms with van der Waals surface area (Å²) < 4.78 is 5.17. The number of methoxy groups -OCH3 is 1. The topological polar surface area (TPSA) is 58.9 Å². The van der Waals surface area contributed by atoms with Gasteiger partial charge >= 0.3 is 0 Å². The van der Waals surface area contributed by atoms with Crippen molar-refractivity contribution in [2.45, 2.75) is 44.6 Å². The zero-order valence-corrected chi connectivity index (χ0v) is 11.6. The van der Waals surface area contributed by atoms with Gasteiger partial charge in [0.05, 0.1) is 7.11 Å². The summed E-state index contributed by atoms with van der Waals surface area (Å²) in [5.41, 5.74) is 1.13. The quantitative estimate of drug-likeness (QED) is 0.668. The number of rotatable bonds is 4. The van der Waals surface area contributed by atoms with E-state index in [-0.39, 0.29) is 11.7 Å². The van der Waals surface area contributed by atoms with E-state index in [2.05, 4.69) is 18.8 Å². The minimum Gasteiger partial charge on any atom is -0.504 e. The van der Waals surface area contributed by atoms with Gasteiger partial charge in [-0.1, -0.05) is 19.9 Å². The average Bonchev–Trinajstić information content (AvgIpc) is 2.33. The Kier molecular flexibility index (Phi) is 3.63. The van der Waals surface area contributed by atoms with Crippen molar-refractivity contribution in [1.82, 2.24) is 0 Å². The summed E-state index contributed by atoms with van der Waals surface area (Å²) >= 11 is 0. The molecule has 4 nitrogen and oxygen atoms in total. The number of hydrogen-bond acceptors (Lipinski definition) is 4. The van der Waals surface area contributed by atoms with Gasteiger partial charge in [0.1, 0.15) is 5.54 Å². The molecule has 0 saturated heterocycles. The second-order valence-electron chi connectivity index (χ2n) is 5.32. The maximum Gasteiger partial charge on any atom is 0.235 e. The Balaban J connectivity index is 2.68. The number of benzene rings is 1. The van der Waals surface area contributed by atoms with Crippen LogP contribution in [0.25, 0.3) is 0 Å². The molecule has 1 aromatic rings. The predicted octanol–water partition coefficient (Wildman–Crippen LogP) is 3.24. The number of phenolic OH excluding ortho intramolecular Hbond substituents is 1. The molecule has 0 atom stereocenters. The van der Waals surface area contributed by atoms with Gasteiger partial charge in [0, 0.05) is 5.56 Å². The molecule has 0 amide bonds. The lowest BCUT2D eigenvalue weighted by Gasteiger charge is -2.39. The highest BCUT2D eigenvalue weighted by Crippen LogP contribution is 2.52. The monoisotopic (exact) mass is 261 g/mol. The fraction of sp³-hybridized carbons (Fsp3) is 0.533. The molecule has 1 N–H and O–H groups in total. The van der Waals surface area contributed by atoms with E-state index in [9.17, 15) is 9.90 Å². The van der Waals surface area contributed by atoms with Crippen molar-refractivity contribution in [2.24, 2.45) is 4.99 Å². The van der Waals surface area contributed by atoms with Gasteiger partial charge in [-0.15, -0.1) is 0 Å². The molecule has 102 valence electrons. The van der Waals surface area contributed by atoms with E-state index in [1.807, 2.05) is 6.07 Å². The molecule has 2 rings (SSSR count). The molecule has 0 aliphatic heterocycles. The number of carbonyl (C=O) groups excluding carboxylic acids is 1. The Hall–Kier alpha value is -1.80. The SMILES string of the molecule is COc1ccc(C(C)C)c(C2(N=C=O)CCC2)c1O. The van der Waals surface area contributed by atoms with Crippen LogP contribution in [0.3, 0.4) is 0 Å². The van der Waals surface area contributed by atoms with E-state index in [1.165, 1.54) is 7.11 Å². The van der Waals surface area contributed by atoms with Crippen molar-refractivity contribution in [2.75, 3.05) is 7.11 Å². The molecule has 0 bridgehead atoms. The lowest BCUT2D eigenvalue weighted by atomic mass is 9.69. The molecule has 1 saturated carbocycles. The van der Waals surface area contributed by atoms with Crippen LogP contribution in [0.15, 0.2) is 17.1 Å². The van der Waals surface area contributed by atoms with E-state index >= 15 is 0 Å². The van der Waals surface area contributed by atoms with Crippen LogP contribution in [0, 0.1) is 0 Å². The third-order valence-electron chi connectivity index (χ3n) is 3.92. The summed E-state index contributed by atoms with van der Waals surface area (Å²) in [6.07, 6.45) is 4.20. The Morgan fingerprint density at radius 3 is 2.53 bits per heavy atom. The number of nitrogens with zero attached hydrogens (tertiary/aromatic N) is 1. The highest BCUT2D eigenvalue weighted by atomic mass is 16.5. The third kappa shape index (κ3) is 2.13. The van der Waals surface area contributed by atoms with Crippen LogP contribution in [-0.4, -0.2) is 18.3 Å². The summed E-state index contributed by atoms with van der Waals surface area (Å²) in [7, 11) is 1.52. The van der Waals surface area contributed by atoms with Crippen molar-refractivity contribution in [3.63, 3.8) is 0 Å². The van der Waals surface area contributed by atoms with Crippen molar-refractivity contribution >= 4 is 6.08 Å². The van der Waals surface area contributed by atoms with Gasteiger partial charge in [-0.2, -0.15) is 4.99 Å². The highest BCUT2D eigenvalue weighted by Gasteiger charge is 2.43. The maximum absolute atomic E-state index is 10.7. The summed E-state index contributed by atoms with van der Waals surface area (Å²) in [6.45, 7) is 4.11. The standard InChI is InChI=1S/C15H19NO3/c1-10(2)11-5-6-12(19-3)14(18)13(11)15(16-9-17)7-4-8-15/h5-6,10,18H,4,7-8H2,1-3H3. The number of phenols is 1. The first-order chi connectivity index (χ1) is 9.05. The van der Waals surface area contributed by atoms with Gasteiger partial charge < -0.3 is 9.84 Å². The highest BCUT2D eigenvalue weighted by molar-refractivity contribution is 5.56. The van der Waals surface area contributed by atoms with Gasteiger partial charge in [-0.05, 0) is 36.8 Å². The van der Waals surface area contributed by atoms with Crippen LogP contribution >= 0.6 is 0 Å². The van der Waals surface area contributed by atoms with Gasteiger partial charge in [0.25, 0.3) is 0 Å². The molecular weight excluding hydrogens is 242 g/mol. The lowest BCUT2D eigenvalue weighted by Crippen LogP contribution is -2.33. The van der Waals surface area contributed by atoms with Gasteiger partial charge in [0.15, 0.2) is 11.5 Å². The lowest BCUT2D eigenvalue weighted by molar-refractivity contribution is 0.242. The summed E-state index contributed by atoms with van der Waals surface area (Å²) in [6, 6.07) is 3.70. The third-order valence-corrected chi connectivity index (χ3v) is 3.92. The van der Waals surface area contributed by atoms with Crippen LogP contribution < -0.4 is 4.74 Å². The molecule has 4 heteroatoms. The zero-order valence-electron chi connectivity index (χ0n) is 11.6. The average molecular weight is 261 g/mol. The van der Waals surface area contributed by atoms with Gasteiger partial charge in [0.2, 0.25) is 6.08 Å². The van der Waals surface area contributed by atoms with E-state index in [4.69, 9.17) is 4.74 Å². The molecule has 1 aromatic carbocycles. The molecule has 0 aromatic heterocycles. The summed E-state index contributed by atoms with van der Waals surface area (Å²) in [5, 5.41) is 10.4. The Bertz CT molecular complexity index is 526. The predicted molar refractivity (Wildman–Crippen MR) is 72.4 cm³/mol. The molecule has 1 aliphatic carbocycles. The Labute approximate surface area is 113 Å². The molecule has 1 fully saturated rings. The van der Waals surface area contributed by atoms with Gasteiger partial charge in [-0.25, -0.2) is 4.79 Å². The molecular formula is C15H19NO3. The second kappa shape index (κ2) is 5.06. The first kappa shape index (κ1) is 13.6. The van der Waals surface area contributed by atoms with Gasteiger partial charge in [-0.3, -0.25) is 0 Å². The van der Waals surface area contributed by atoms with Crippen LogP contribution in [-0.2, 0) is 10.3 Å². The first-order valence-electron chi connectivity index (χ1n) is 6.55. The van der Waals surface area contributed by atoms with Crippen molar-refractivity contribution in [3.8, 4) is 11.5 Å².